The minimum atomic E-state index is 0.615. The number of hydrogen-bond acceptors (Lipinski definition) is 2. The fraction of sp³-hybridized carbons (Fsp3) is 0.286. The lowest BCUT2D eigenvalue weighted by atomic mass is 10.2. The number of hydrogen-bond donors (Lipinski definition) is 2. The zero-order chi connectivity index (χ0) is 14.4. The maximum Gasteiger partial charge on any atom is 0.170 e. The van der Waals surface area contributed by atoms with Crippen molar-refractivity contribution < 1.29 is 0 Å². The van der Waals surface area contributed by atoms with Gasteiger partial charge in [-0.1, -0.05) is 36.7 Å². The zero-order valence-corrected chi connectivity index (χ0v) is 12.8. The number of nitrogens with zero attached hydrogens (tertiary/aromatic N) is 2. The van der Waals surface area contributed by atoms with E-state index in [1.54, 1.807) is 6.20 Å². The van der Waals surface area contributed by atoms with Crippen LogP contribution in [0.4, 0.5) is 5.69 Å². The van der Waals surface area contributed by atoms with Gasteiger partial charge in [0.25, 0.3) is 0 Å². The number of halogens is 1. The van der Waals surface area contributed by atoms with Gasteiger partial charge in [0.15, 0.2) is 5.11 Å². The van der Waals surface area contributed by atoms with Crippen LogP contribution in [0.5, 0.6) is 0 Å². The standard InChI is InChI=1S/C14H17ClN4S/c1-2-7-16-14(20)18-12-8-17-19(10-12)9-11-5-3-4-6-13(11)15/h3-6,8,10H,2,7,9H2,1H3,(H2,16,18,20). The van der Waals surface area contributed by atoms with Gasteiger partial charge in [-0.2, -0.15) is 5.10 Å². The van der Waals surface area contributed by atoms with E-state index < -0.39 is 0 Å². The third kappa shape index (κ3) is 4.21. The van der Waals surface area contributed by atoms with Gasteiger partial charge in [0, 0.05) is 17.8 Å². The highest BCUT2D eigenvalue weighted by molar-refractivity contribution is 7.80. The van der Waals surface area contributed by atoms with Gasteiger partial charge in [-0.15, -0.1) is 0 Å². The monoisotopic (exact) mass is 308 g/mol. The fourth-order valence-corrected chi connectivity index (χ4v) is 2.14. The number of nitrogens with one attached hydrogen (secondary N) is 2. The molecule has 20 heavy (non-hydrogen) atoms. The molecule has 0 radical (unpaired) electrons. The van der Waals surface area contributed by atoms with Gasteiger partial charge in [0.2, 0.25) is 0 Å². The molecule has 0 unspecified atom stereocenters. The molecule has 0 amide bonds. The van der Waals surface area contributed by atoms with Gasteiger partial charge in [-0.25, -0.2) is 0 Å². The average molecular weight is 309 g/mol. The van der Waals surface area contributed by atoms with E-state index in [2.05, 4.69) is 22.7 Å². The Labute approximate surface area is 129 Å². The van der Waals surface area contributed by atoms with Crippen LogP contribution in [0.15, 0.2) is 36.7 Å². The van der Waals surface area contributed by atoms with Gasteiger partial charge in [0.05, 0.1) is 18.4 Å². The largest absolute Gasteiger partial charge is 0.362 e. The SMILES string of the molecule is CCCNC(=S)Nc1cnn(Cc2ccccc2Cl)c1. The van der Waals surface area contributed by atoms with Crippen molar-refractivity contribution in [2.45, 2.75) is 19.9 Å². The first-order chi connectivity index (χ1) is 9.69. The molecule has 6 heteroatoms. The zero-order valence-electron chi connectivity index (χ0n) is 11.3. The number of anilines is 1. The summed E-state index contributed by atoms with van der Waals surface area (Å²) in [4.78, 5) is 0. The average Bonchev–Trinajstić information content (AvgIpc) is 2.86. The lowest BCUT2D eigenvalue weighted by Gasteiger charge is -2.07. The summed E-state index contributed by atoms with van der Waals surface area (Å²) < 4.78 is 1.83. The van der Waals surface area contributed by atoms with Crippen molar-refractivity contribution in [3.05, 3.63) is 47.2 Å². The molecule has 0 bridgehead atoms. The van der Waals surface area contributed by atoms with Crippen LogP contribution in [0.2, 0.25) is 5.02 Å². The minimum absolute atomic E-state index is 0.615. The summed E-state index contributed by atoms with van der Waals surface area (Å²) in [7, 11) is 0. The Hall–Kier alpha value is -1.59. The van der Waals surface area contributed by atoms with E-state index in [0.717, 1.165) is 29.2 Å². The van der Waals surface area contributed by atoms with Crippen LogP contribution in [-0.2, 0) is 6.54 Å². The van der Waals surface area contributed by atoms with E-state index in [1.807, 2.05) is 35.1 Å². The molecule has 0 fully saturated rings. The topological polar surface area (TPSA) is 41.9 Å². The lowest BCUT2D eigenvalue weighted by Crippen LogP contribution is -2.28. The summed E-state index contributed by atoms with van der Waals surface area (Å²) in [6, 6.07) is 7.75. The van der Waals surface area contributed by atoms with Gasteiger partial charge >= 0.3 is 0 Å². The molecule has 1 aromatic heterocycles. The van der Waals surface area contributed by atoms with Crippen molar-refractivity contribution in [3.63, 3.8) is 0 Å². The van der Waals surface area contributed by atoms with Crippen LogP contribution >= 0.6 is 23.8 Å². The van der Waals surface area contributed by atoms with Gasteiger partial charge in [-0.3, -0.25) is 4.68 Å². The Morgan fingerprint density at radius 2 is 2.20 bits per heavy atom. The third-order valence-electron chi connectivity index (χ3n) is 2.72. The molecular formula is C14H17ClN4S. The molecule has 0 spiro atoms. The highest BCUT2D eigenvalue weighted by atomic mass is 35.5. The van der Waals surface area contributed by atoms with E-state index in [0.29, 0.717) is 11.7 Å². The summed E-state index contributed by atoms with van der Waals surface area (Å²) in [5.74, 6) is 0. The summed E-state index contributed by atoms with van der Waals surface area (Å²) in [5, 5.41) is 11.9. The Morgan fingerprint density at radius 3 is 2.95 bits per heavy atom. The maximum absolute atomic E-state index is 6.13. The highest BCUT2D eigenvalue weighted by Crippen LogP contribution is 2.16. The molecule has 4 nitrogen and oxygen atoms in total. The second-order valence-electron chi connectivity index (χ2n) is 4.40. The van der Waals surface area contributed by atoms with Crippen molar-refractivity contribution in [2.75, 3.05) is 11.9 Å². The molecule has 2 aromatic rings. The van der Waals surface area contributed by atoms with E-state index in [9.17, 15) is 0 Å². The fourth-order valence-electron chi connectivity index (χ4n) is 1.73. The first-order valence-electron chi connectivity index (χ1n) is 6.49. The highest BCUT2D eigenvalue weighted by Gasteiger charge is 2.03. The van der Waals surface area contributed by atoms with Crippen molar-refractivity contribution in [1.29, 1.82) is 0 Å². The number of rotatable bonds is 5. The molecule has 0 aliphatic heterocycles. The van der Waals surface area contributed by atoms with Crippen LogP contribution in [0, 0.1) is 0 Å². The Bertz CT molecular complexity index is 582. The third-order valence-corrected chi connectivity index (χ3v) is 3.33. The molecule has 106 valence electrons. The predicted molar refractivity (Wildman–Crippen MR) is 87.3 cm³/mol. The van der Waals surface area contributed by atoms with Gasteiger partial charge in [-0.05, 0) is 30.3 Å². The number of aromatic nitrogens is 2. The van der Waals surface area contributed by atoms with E-state index in [-0.39, 0.29) is 0 Å². The molecule has 0 saturated heterocycles. The molecule has 0 aliphatic rings. The smallest absolute Gasteiger partial charge is 0.170 e. The van der Waals surface area contributed by atoms with Gasteiger partial charge in [0.1, 0.15) is 0 Å². The molecular weight excluding hydrogens is 292 g/mol. The predicted octanol–water partition coefficient (Wildman–Crippen LogP) is 3.28. The van der Waals surface area contributed by atoms with Crippen molar-refractivity contribution in [2.24, 2.45) is 0 Å². The van der Waals surface area contributed by atoms with Gasteiger partial charge < -0.3 is 10.6 Å². The summed E-state index contributed by atoms with van der Waals surface area (Å²) in [6.07, 6.45) is 4.69. The first-order valence-corrected chi connectivity index (χ1v) is 7.28. The normalized spacial score (nSPS) is 10.3. The van der Waals surface area contributed by atoms with Crippen LogP contribution in [0.1, 0.15) is 18.9 Å². The van der Waals surface area contributed by atoms with Crippen LogP contribution in [0.3, 0.4) is 0 Å². The second-order valence-corrected chi connectivity index (χ2v) is 5.21. The summed E-state index contributed by atoms with van der Waals surface area (Å²) in [5.41, 5.74) is 1.90. The van der Waals surface area contributed by atoms with E-state index in [4.69, 9.17) is 23.8 Å². The number of thiocarbonyl (C=S) groups is 1. The number of benzene rings is 1. The van der Waals surface area contributed by atoms with E-state index >= 15 is 0 Å². The maximum atomic E-state index is 6.13. The Balaban J connectivity index is 1.96. The molecule has 1 heterocycles. The van der Waals surface area contributed by atoms with E-state index in [1.165, 1.54) is 0 Å². The summed E-state index contributed by atoms with van der Waals surface area (Å²) >= 11 is 11.3. The quantitative estimate of drug-likeness (QED) is 0.832. The second kappa shape index (κ2) is 7.26. The molecule has 0 aliphatic carbocycles. The van der Waals surface area contributed by atoms with Crippen molar-refractivity contribution in [3.8, 4) is 0 Å². The molecule has 1 aromatic carbocycles. The van der Waals surface area contributed by atoms with Crippen LogP contribution < -0.4 is 10.6 Å². The Kier molecular flexibility index (Phi) is 5.38. The van der Waals surface area contributed by atoms with Crippen LogP contribution in [-0.4, -0.2) is 21.4 Å². The van der Waals surface area contributed by atoms with Crippen molar-refractivity contribution in [1.82, 2.24) is 15.1 Å². The van der Waals surface area contributed by atoms with Crippen molar-refractivity contribution >= 4 is 34.6 Å². The molecule has 2 N–H and O–H groups in total. The minimum Gasteiger partial charge on any atom is -0.362 e. The molecule has 0 atom stereocenters. The molecule has 2 rings (SSSR count). The van der Waals surface area contributed by atoms with Crippen LogP contribution in [0.25, 0.3) is 0 Å². The molecule has 0 saturated carbocycles. The Morgan fingerprint density at radius 1 is 1.40 bits per heavy atom. The first kappa shape index (κ1) is 14.8. The lowest BCUT2D eigenvalue weighted by molar-refractivity contribution is 0.687. The summed E-state index contributed by atoms with van der Waals surface area (Å²) in [6.45, 7) is 3.59.